The smallest absolute Gasteiger partial charge is 0.226 e. The van der Waals surface area contributed by atoms with Gasteiger partial charge in [-0.1, -0.05) is 23.4 Å². The van der Waals surface area contributed by atoms with Gasteiger partial charge in [0.2, 0.25) is 5.91 Å². The summed E-state index contributed by atoms with van der Waals surface area (Å²) in [4.78, 5) is 17.9. The SMILES string of the molecule is CN(C)C(=O)[C@H]1CN2CCC1C[C@@H]2Cn1cc(CSc2ccccc2)nn1. The minimum atomic E-state index is 0.165. The van der Waals surface area contributed by atoms with Crippen LogP contribution in [0.4, 0.5) is 0 Å². The maximum atomic E-state index is 12.4. The molecule has 1 aromatic heterocycles. The van der Waals surface area contributed by atoms with Crippen LogP contribution in [0.1, 0.15) is 18.5 Å². The van der Waals surface area contributed by atoms with Gasteiger partial charge in [0.15, 0.2) is 0 Å². The van der Waals surface area contributed by atoms with E-state index in [0.717, 1.165) is 43.9 Å². The van der Waals surface area contributed by atoms with E-state index in [-0.39, 0.29) is 11.8 Å². The first kappa shape index (κ1) is 18.5. The number of carbonyl (C=O) groups is 1. The number of benzene rings is 1. The van der Waals surface area contributed by atoms with E-state index in [1.54, 1.807) is 16.7 Å². The average molecular weight is 386 g/mol. The normalized spacial score (nSPS) is 26.9. The van der Waals surface area contributed by atoms with Gasteiger partial charge in [0.25, 0.3) is 0 Å². The zero-order valence-corrected chi connectivity index (χ0v) is 16.8. The van der Waals surface area contributed by atoms with Gasteiger partial charge in [-0.3, -0.25) is 14.4 Å². The Morgan fingerprint density at radius 3 is 2.81 bits per heavy atom. The molecule has 6 nitrogen and oxygen atoms in total. The van der Waals surface area contributed by atoms with Crippen LogP contribution in [0.5, 0.6) is 0 Å². The molecule has 3 aliphatic heterocycles. The summed E-state index contributed by atoms with van der Waals surface area (Å²) in [5.74, 6) is 1.79. The number of rotatable bonds is 6. The topological polar surface area (TPSA) is 54.3 Å². The highest BCUT2D eigenvalue weighted by Gasteiger charge is 2.43. The quantitative estimate of drug-likeness (QED) is 0.715. The Balaban J connectivity index is 1.33. The Morgan fingerprint density at radius 1 is 1.30 bits per heavy atom. The lowest BCUT2D eigenvalue weighted by Gasteiger charge is -2.49. The van der Waals surface area contributed by atoms with Crippen molar-refractivity contribution in [2.24, 2.45) is 11.8 Å². The second-order valence-electron chi connectivity index (χ2n) is 7.81. The molecule has 1 amide bonds. The molecule has 3 fully saturated rings. The molecule has 2 unspecified atom stereocenters. The lowest BCUT2D eigenvalue weighted by atomic mass is 9.75. The lowest BCUT2D eigenvalue weighted by molar-refractivity contribution is -0.141. The highest BCUT2D eigenvalue weighted by Crippen LogP contribution is 2.37. The van der Waals surface area contributed by atoms with Crippen LogP contribution in [0.15, 0.2) is 41.4 Å². The van der Waals surface area contributed by atoms with Crippen LogP contribution >= 0.6 is 11.8 Å². The monoisotopic (exact) mass is 385 g/mol. The molecular formula is C20H27N5OS. The van der Waals surface area contributed by atoms with E-state index in [1.807, 2.05) is 24.8 Å². The fourth-order valence-electron chi connectivity index (χ4n) is 4.32. The van der Waals surface area contributed by atoms with Gasteiger partial charge in [-0.15, -0.1) is 16.9 Å². The van der Waals surface area contributed by atoms with E-state index < -0.39 is 0 Å². The average Bonchev–Trinajstić information content (AvgIpc) is 3.14. The van der Waals surface area contributed by atoms with Gasteiger partial charge in [0.1, 0.15) is 0 Å². The second-order valence-corrected chi connectivity index (χ2v) is 8.85. The van der Waals surface area contributed by atoms with Gasteiger partial charge in [0, 0.05) is 43.5 Å². The number of hydrogen-bond acceptors (Lipinski definition) is 5. The van der Waals surface area contributed by atoms with Crippen molar-refractivity contribution in [1.82, 2.24) is 24.8 Å². The largest absolute Gasteiger partial charge is 0.349 e. The van der Waals surface area contributed by atoms with Crippen LogP contribution in [-0.4, -0.2) is 63.9 Å². The maximum Gasteiger partial charge on any atom is 0.226 e. The fraction of sp³-hybridized carbons (Fsp3) is 0.550. The van der Waals surface area contributed by atoms with Gasteiger partial charge < -0.3 is 4.90 Å². The summed E-state index contributed by atoms with van der Waals surface area (Å²) in [6, 6.07) is 10.8. The van der Waals surface area contributed by atoms with E-state index in [4.69, 9.17) is 0 Å². The van der Waals surface area contributed by atoms with Crippen molar-refractivity contribution >= 4 is 17.7 Å². The zero-order chi connectivity index (χ0) is 18.8. The molecule has 7 heteroatoms. The van der Waals surface area contributed by atoms with Crippen molar-refractivity contribution in [2.75, 3.05) is 27.2 Å². The van der Waals surface area contributed by atoms with E-state index >= 15 is 0 Å². The molecule has 144 valence electrons. The first-order valence-corrected chi connectivity index (χ1v) is 10.6. The molecule has 0 aliphatic carbocycles. The summed E-state index contributed by atoms with van der Waals surface area (Å²) < 4.78 is 1.98. The molecule has 2 bridgehead atoms. The molecule has 4 heterocycles. The Hall–Kier alpha value is -1.86. The molecule has 0 radical (unpaired) electrons. The van der Waals surface area contributed by atoms with Crippen LogP contribution in [-0.2, 0) is 17.1 Å². The number of fused-ring (bicyclic) bond motifs is 3. The molecular weight excluding hydrogens is 358 g/mol. The highest BCUT2D eigenvalue weighted by atomic mass is 32.2. The van der Waals surface area contributed by atoms with Crippen LogP contribution in [0, 0.1) is 11.8 Å². The van der Waals surface area contributed by atoms with Crippen LogP contribution < -0.4 is 0 Å². The first-order chi connectivity index (χ1) is 13.1. The zero-order valence-electron chi connectivity index (χ0n) is 16.0. The van der Waals surface area contributed by atoms with Gasteiger partial charge in [0.05, 0.1) is 18.2 Å². The van der Waals surface area contributed by atoms with Gasteiger partial charge in [-0.05, 0) is 37.4 Å². The van der Waals surface area contributed by atoms with E-state index in [1.165, 1.54) is 4.90 Å². The Kier molecular flexibility index (Phi) is 5.50. The van der Waals surface area contributed by atoms with Crippen LogP contribution in [0.25, 0.3) is 0 Å². The third kappa shape index (κ3) is 4.19. The van der Waals surface area contributed by atoms with Crippen molar-refractivity contribution in [1.29, 1.82) is 0 Å². The number of carbonyl (C=O) groups excluding carboxylic acids is 1. The van der Waals surface area contributed by atoms with Crippen molar-refractivity contribution < 1.29 is 4.79 Å². The number of nitrogens with zero attached hydrogens (tertiary/aromatic N) is 5. The first-order valence-electron chi connectivity index (χ1n) is 9.62. The maximum absolute atomic E-state index is 12.4. The number of aromatic nitrogens is 3. The predicted molar refractivity (Wildman–Crippen MR) is 106 cm³/mol. The summed E-state index contributed by atoms with van der Waals surface area (Å²) in [6.45, 7) is 2.85. The third-order valence-electron chi connectivity index (χ3n) is 5.75. The van der Waals surface area contributed by atoms with Crippen LogP contribution in [0.2, 0.25) is 0 Å². The van der Waals surface area contributed by atoms with Crippen molar-refractivity contribution in [3.8, 4) is 0 Å². The molecule has 3 saturated heterocycles. The molecule has 4 atom stereocenters. The van der Waals surface area contributed by atoms with Crippen molar-refractivity contribution in [2.45, 2.75) is 36.1 Å². The Bertz CT molecular complexity index is 778. The molecule has 0 spiro atoms. The summed E-state index contributed by atoms with van der Waals surface area (Å²) in [6.07, 6.45) is 4.29. The lowest BCUT2D eigenvalue weighted by Crippen LogP contribution is -2.57. The summed E-state index contributed by atoms with van der Waals surface area (Å²) in [5.41, 5.74) is 1.01. The Labute approximate surface area is 164 Å². The molecule has 0 N–H and O–H groups in total. The number of amides is 1. The molecule has 5 rings (SSSR count). The third-order valence-corrected chi connectivity index (χ3v) is 6.80. The predicted octanol–water partition coefficient (Wildman–Crippen LogP) is 2.37. The standard InChI is InChI=1S/C20H27N5OS/c1-23(2)20(26)19-13-24-9-8-15(19)10-17(24)12-25-11-16(21-22-25)14-27-18-6-4-3-5-7-18/h3-7,11,15,17,19H,8-10,12-14H2,1-2H3/t15?,17-,19+/m1/s1. The van der Waals surface area contributed by atoms with Crippen molar-refractivity contribution in [3.05, 3.63) is 42.2 Å². The van der Waals surface area contributed by atoms with Crippen LogP contribution in [0.3, 0.4) is 0 Å². The molecule has 27 heavy (non-hydrogen) atoms. The minimum absolute atomic E-state index is 0.165. The summed E-state index contributed by atoms with van der Waals surface area (Å²) in [5, 5.41) is 8.68. The van der Waals surface area contributed by atoms with E-state index in [2.05, 4.69) is 45.7 Å². The Morgan fingerprint density at radius 2 is 2.11 bits per heavy atom. The summed E-state index contributed by atoms with van der Waals surface area (Å²) in [7, 11) is 3.73. The summed E-state index contributed by atoms with van der Waals surface area (Å²) >= 11 is 1.78. The molecule has 3 aliphatic rings. The molecule has 1 aromatic carbocycles. The molecule has 0 saturated carbocycles. The van der Waals surface area contributed by atoms with Gasteiger partial charge in [-0.25, -0.2) is 0 Å². The highest BCUT2D eigenvalue weighted by molar-refractivity contribution is 7.98. The second kappa shape index (κ2) is 8.02. The van der Waals surface area contributed by atoms with E-state index in [0.29, 0.717) is 12.0 Å². The van der Waals surface area contributed by atoms with Gasteiger partial charge >= 0.3 is 0 Å². The fourth-order valence-corrected chi connectivity index (χ4v) is 5.12. The molecule has 2 aromatic rings. The number of hydrogen-bond donors (Lipinski definition) is 0. The number of thioether (sulfide) groups is 1. The van der Waals surface area contributed by atoms with E-state index in [9.17, 15) is 4.79 Å². The number of piperidine rings is 3. The minimum Gasteiger partial charge on any atom is -0.349 e. The van der Waals surface area contributed by atoms with Crippen molar-refractivity contribution in [3.63, 3.8) is 0 Å². The van der Waals surface area contributed by atoms with Gasteiger partial charge in [-0.2, -0.15) is 0 Å².